The lowest BCUT2D eigenvalue weighted by molar-refractivity contribution is 0.130. The molecule has 21 heavy (non-hydrogen) atoms. The average molecular weight is 289 g/mol. The topological polar surface area (TPSA) is 30.5 Å². The van der Waals surface area contributed by atoms with Crippen LogP contribution in [0.1, 0.15) is 39.2 Å². The molecule has 1 heterocycles. The largest absolute Gasteiger partial charge is 0.486 e. The van der Waals surface area contributed by atoms with Crippen molar-refractivity contribution in [2.24, 2.45) is 11.8 Å². The summed E-state index contributed by atoms with van der Waals surface area (Å²) in [7, 11) is 0. The Morgan fingerprint density at radius 3 is 2.62 bits per heavy atom. The predicted octanol–water partition coefficient (Wildman–Crippen LogP) is 3.37. The van der Waals surface area contributed by atoms with Crippen molar-refractivity contribution in [3.05, 3.63) is 23.8 Å². The van der Waals surface area contributed by atoms with Crippen molar-refractivity contribution in [3.63, 3.8) is 0 Å². The fourth-order valence-electron chi connectivity index (χ4n) is 3.51. The Morgan fingerprint density at radius 1 is 1.24 bits per heavy atom. The molecule has 3 nitrogen and oxygen atoms in total. The third-order valence-electron chi connectivity index (χ3n) is 5.08. The van der Waals surface area contributed by atoms with Gasteiger partial charge in [-0.2, -0.15) is 0 Å². The van der Waals surface area contributed by atoms with Crippen LogP contribution in [0.4, 0.5) is 0 Å². The van der Waals surface area contributed by atoms with Crippen molar-refractivity contribution in [3.8, 4) is 11.5 Å². The number of nitrogens with one attached hydrogen (secondary N) is 1. The first-order chi connectivity index (χ1) is 10.1. The Labute approximate surface area is 128 Å². The van der Waals surface area contributed by atoms with Crippen molar-refractivity contribution in [1.82, 2.24) is 5.32 Å². The zero-order chi connectivity index (χ0) is 14.9. The van der Waals surface area contributed by atoms with Crippen LogP contribution in [0.5, 0.6) is 11.5 Å². The molecule has 0 spiro atoms. The van der Waals surface area contributed by atoms with E-state index in [-0.39, 0.29) is 5.41 Å². The van der Waals surface area contributed by atoms with E-state index in [1.54, 1.807) is 0 Å². The van der Waals surface area contributed by atoms with E-state index in [2.05, 4.69) is 44.3 Å². The van der Waals surface area contributed by atoms with Gasteiger partial charge >= 0.3 is 0 Å². The molecule has 1 saturated carbocycles. The van der Waals surface area contributed by atoms with Crippen molar-refractivity contribution >= 4 is 0 Å². The molecule has 1 aliphatic heterocycles. The maximum atomic E-state index is 5.76. The molecule has 2 aliphatic rings. The van der Waals surface area contributed by atoms with Crippen LogP contribution < -0.4 is 14.8 Å². The highest BCUT2D eigenvalue weighted by Crippen LogP contribution is 2.50. The summed E-state index contributed by atoms with van der Waals surface area (Å²) >= 11 is 0. The summed E-state index contributed by atoms with van der Waals surface area (Å²) in [4.78, 5) is 0. The molecule has 0 saturated heterocycles. The van der Waals surface area contributed by atoms with Crippen LogP contribution in [0.2, 0.25) is 0 Å². The van der Waals surface area contributed by atoms with Gasteiger partial charge in [-0.15, -0.1) is 0 Å². The van der Waals surface area contributed by atoms with E-state index in [9.17, 15) is 0 Å². The van der Waals surface area contributed by atoms with E-state index in [1.165, 1.54) is 18.4 Å². The Morgan fingerprint density at radius 2 is 2.00 bits per heavy atom. The highest BCUT2D eigenvalue weighted by molar-refractivity contribution is 5.47. The standard InChI is InChI=1S/C18H27NO2/c1-13(2)11-19-12-18(7-6-14(18)3)15-4-5-16-17(10-15)21-9-8-20-16/h4-5,10,13-14,19H,6-9,11-12H2,1-3H3. The van der Waals surface area contributed by atoms with E-state index in [0.29, 0.717) is 19.1 Å². The number of rotatable bonds is 5. The minimum Gasteiger partial charge on any atom is -0.486 e. The van der Waals surface area contributed by atoms with Crippen LogP contribution >= 0.6 is 0 Å². The molecule has 2 atom stereocenters. The molecule has 2 unspecified atom stereocenters. The number of hydrogen-bond acceptors (Lipinski definition) is 3. The van der Waals surface area contributed by atoms with Crippen molar-refractivity contribution in [1.29, 1.82) is 0 Å². The lowest BCUT2D eigenvalue weighted by atomic mass is 9.57. The van der Waals surface area contributed by atoms with Gasteiger partial charge in [-0.1, -0.05) is 26.8 Å². The van der Waals surface area contributed by atoms with Crippen LogP contribution in [-0.4, -0.2) is 26.3 Å². The predicted molar refractivity (Wildman–Crippen MR) is 85.2 cm³/mol. The van der Waals surface area contributed by atoms with Gasteiger partial charge < -0.3 is 14.8 Å². The minimum atomic E-state index is 0.269. The molecule has 1 fully saturated rings. The minimum absolute atomic E-state index is 0.269. The first-order valence-corrected chi connectivity index (χ1v) is 8.23. The zero-order valence-electron chi connectivity index (χ0n) is 13.4. The highest BCUT2D eigenvalue weighted by atomic mass is 16.6. The summed E-state index contributed by atoms with van der Waals surface area (Å²) in [6.07, 6.45) is 2.58. The van der Waals surface area contributed by atoms with Gasteiger partial charge in [0.25, 0.3) is 0 Å². The molecule has 0 bridgehead atoms. The Kier molecular flexibility index (Phi) is 4.12. The fraction of sp³-hybridized carbons (Fsp3) is 0.667. The van der Waals surface area contributed by atoms with E-state index in [1.807, 2.05) is 0 Å². The first-order valence-electron chi connectivity index (χ1n) is 8.23. The molecular formula is C18H27NO2. The molecular weight excluding hydrogens is 262 g/mol. The molecule has 0 aromatic heterocycles. The van der Waals surface area contributed by atoms with Crippen LogP contribution in [0.3, 0.4) is 0 Å². The van der Waals surface area contributed by atoms with E-state index >= 15 is 0 Å². The number of benzene rings is 1. The number of ether oxygens (including phenoxy) is 2. The van der Waals surface area contributed by atoms with Crippen LogP contribution in [0.25, 0.3) is 0 Å². The Bertz CT molecular complexity index is 500. The molecule has 0 radical (unpaired) electrons. The van der Waals surface area contributed by atoms with Gasteiger partial charge in [-0.3, -0.25) is 0 Å². The van der Waals surface area contributed by atoms with Crippen LogP contribution in [-0.2, 0) is 5.41 Å². The van der Waals surface area contributed by atoms with Crippen molar-refractivity contribution in [2.45, 2.75) is 39.0 Å². The Balaban J connectivity index is 1.80. The van der Waals surface area contributed by atoms with Gasteiger partial charge in [0.05, 0.1) is 0 Å². The monoisotopic (exact) mass is 289 g/mol. The zero-order valence-corrected chi connectivity index (χ0v) is 13.4. The summed E-state index contributed by atoms with van der Waals surface area (Å²) in [6, 6.07) is 6.53. The Hall–Kier alpha value is -1.22. The second kappa shape index (κ2) is 5.88. The first kappa shape index (κ1) is 14.7. The quantitative estimate of drug-likeness (QED) is 0.901. The molecule has 3 rings (SSSR count). The average Bonchev–Trinajstić information content (AvgIpc) is 2.49. The number of hydrogen-bond donors (Lipinski definition) is 1. The maximum Gasteiger partial charge on any atom is 0.161 e. The fourth-order valence-corrected chi connectivity index (χ4v) is 3.51. The normalized spacial score (nSPS) is 27.5. The lowest BCUT2D eigenvalue weighted by Crippen LogP contribution is -2.50. The maximum absolute atomic E-state index is 5.76. The van der Waals surface area contributed by atoms with Crippen LogP contribution in [0.15, 0.2) is 18.2 Å². The van der Waals surface area contributed by atoms with Gasteiger partial charge in [-0.25, -0.2) is 0 Å². The SMILES string of the molecule is CC(C)CNCC1(c2ccc3c(c2)OCCO3)CCC1C. The molecule has 0 amide bonds. The summed E-state index contributed by atoms with van der Waals surface area (Å²) in [6.45, 7) is 10.3. The number of fused-ring (bicyclic) bond motifs is 1. The van der Waals surface area contributed by atoms with Crippen molar-refractivity contribution in [2.75, 3.05) is 26.3 Å². The second-order valence-electron chi connectivity index (χ2n) is 6.98. The third-order valence-corrected chi connectivity index (χ3v) is 5.08. The van der Waals surface area contributed by atoms with Crippen molar-refractivity contribution < 1.29 is 9.47 Å². The van der Waals surface area contributed by atoms with Gasteiger partial charge in [0.15, 0.2) is 11.5 Å². The summed E-state index contributed by atoms with van der Waals surface area (Å²) < 4.78 is 11.4. The molecule has 1 aromatic rings. The summed E-state index contributed by atoms with van der Waals surface area (Å²) in [5, 5.41) is 3.66. The summed E-state index contributed by atoms with van der Waals surface area (Å²) in [5.74, 6) is 3.22. The van der Waals surface area contributed by atoms with E-state index in [4.69, 9.17) is 9.47 Å². The molecule has 1 aromatic carbocycles. The van der Waals surface area contributed by atoms with Gasteiger partial charge in [0.2, 0.25) is 0 Å². The van der Waals surface area contributed by atoms with Gasteiger partial charge in [0.1, 0.15) is 13.2 Å². The lowest BCUT2D eigenvalue weighted by Gasteiger charge is -2.49. The van der Waals surface area contributed by atoms with E-state index in [0.717, 1.165) is 30.5 Å². The summed E-state index contributed by atoms with van der Waals surface area (Å²) in [5.41, 5.74) is 1.67. The molecule has 1 aliphatic carbocycles. The smallest absolute Gasteiger partial charge is 0.161 e. The second-order valence-corrected chi connectivity index (χ2v) is 6.98. The van der Waals surface area contributed by atoms with Gasteiger partial charge in [-0.05, 0) is 48.9 Å². The van der Waals surface area contributed by atoms with Gasteiger partial charge in [0, 0.05) is 12.0 Å². The molecule has 3 heteroatoms. The van der Waals surface area contributed by atoms with Crippen LogP contribution in [0, 0.1) is 11.8 Å². The highest BCUT2D eigenvalue weighted by Gasteiger charge is 2.45. The third kappa shape index (κ3) is 2.76. The molecule has 1 N–H and O–H groups in total. The molecule has 116 valence electrons. The van der Waals surface area contributed by atoms with E-state index < -0.39 is 0 Å².